The Morgan fingerprint density at radius 2 is 0.613 bits per heavy atom. The summed E-state index contributed by atoms with van der Waals surface area (Å²) in [5.41, 5.74) is 28.6. The molecule has 0 bridgehead atoms. The second-order valence-corrected chi connectivity index (χ2v) is 21.5. The van der Waals surface area contributed by atoms with Crippen LogP contribution in [0.2, 0.25) is 0 Å². The van der Waals surface area contributed by atoms with Crippen molar-refractivity contribution in [2.45, 2.75) is 22.7 Å². The number of rotatable bonds is 4. The molecule has 0 saturated heterocycles. The van der Waals surface area contributed by atoms with Crippen molar-refractivity contribution in [2.24, 2.45) is 0 Å². The molecule has 4 aliphatic carbocycles. The molecule has 0 fully saturated rings. The minimum Gasteiger partial charge on any atom is -0.192 e. The molecule has 2 spiro atoms. The molecule has 2 nitrogen and oxygen atoms in total. The first-order chi connectivity index (χ1) is 39.6. The standard InChI is InChI=1S/2C39H25N/c40-25-26-11-10-14-28(23-26)29-21-22-37-33(24-29)30-15-4-7-18-34(30)39(37)35-19-8-5-16-31(35)38(27-12-2-1-3-13-27)32-17-6-9-20-36(32)39;40-25-28-14-4-5-15-29(28)27-22-23-37-33(24-27)30-16-6-9-19-34(30)39(37)35-20-10-7-17-31(35)38(26-12-2-1-3-13-26)32-18-8-11-21-36(32)39/h2*1-24,38H. The lowest BCUT2D eigenvalue weighted by molar-refractivity contribution is 0.697. The smallest absolute Gasteiger partial charge is 0.0998 e. The van der Waals surface area contributed by atoms with Gasteiger partial charge >= 0.3 is 0 Å². The minimum absolute atomic E-state index is 0.164. The van der Waals surface area contributed by atoms with E-state index in [9.17, 15) is 10.5 Å². The van der Waals surface area contributed by atoms with Gasteiger partial charge in [0.1, 0.15) is 0 Å². The van der Waals surface area contributed by atoms with E-state index in [4.69, 9.17) is 0 Å². The van der Waals surface area contributed by atoms with Crippen molar-refractivity contribution >= 4 is 0 Å². The number of benzene rings is 12. The summed E-state index contributed by atoms with van der Waals surface area (Å²) in [5.74, 6) is 0.334. The van der Waals surface area contributed by atoms with E-state index in [0.717, 1.165) is 22.3 Å². The number of nitriles is 2. The molecular weight excluding hydrogens is 965 g/mol. The van der Waals surface area contributed by atoms with Gasteiger partial charge in [-0.2, -0.15) is 10.5 Å². The molecule has 372 valence electrons. The Balaban J connectivity index is 0.000000138. The molecule has 2 heteroatoms. The second-order valence-electron chi connectivity index (χ2n) is 21.5. The topological polar surface area (TPSA) is 47.6 Å². The average molecular weight is 1020 g/mol. The summed E-state index contributed by atoms with van der Waals surface area (Å²) in [6, 6.07) is 110. The van der Waals surface area contributed by atoms with E-state index >= 15 is 0 Å². The Labute approximate surface area is 467 Å². The molecule has 4 aliphatic rings. The van der Waals surface area contributed by atoms with Crippen LogP contribution in [0, 0.1) is 22.7 Å². The molecule has 12 aromatic rings. The molecule has 0 amide bonds. The van der Waals surface area contributed by atoms with Crippen molar-refractivity contribution in [3.05, 3.63) is 380 Å². The fourth-order valence-corrected chi connectivity index (χ4v) is 14.7. The van der Waals surface area contributed by atoms with Gasteiger partial charge in [-0.3, -0.25) is 0 Å². The lowest BCUT2D eigenvalue weighted by Gasteiger charge is -2.43. The fourth-order valence-electron chi connectivity index (χ4n) is 14.7. The molecule has 80 heavy (non-hydrogen) atoms. The van der Waals surface area contributed by atoms with Crippen LogP contribution in [0.4, 0.5) is 0 Å². The normalized spacial score (nSPS) is 17.8. The molecule has 0 unspecified atom stereocenters. The number of hydrogen-bond donors (Lipinski definition) is 0. The number of fused-ring (bicyclic) bond motifs is 18. The molecule has 0 radical (unpaired) electrons. The first kappa shape index (κ1) is 46.9. The Hall–Kier alpha value is -10.4. The van der Waals surface area contributed by atoms with Gasteiger partial charge in [0.15, 0.2) is 0 Å². The van der Waals surface area contributed by atoms with Gasteiger partial charge in [0, 0.05) is 11.8 Å². The van der Waals surface area contributed by atoms with Crippen LogP contribution in [0.3, 0.4) is 0 Å². The van der Waals surface area contributed by atoms with Crippen LogP contribution in [0.5, 0.6) is 0 Å². The predicted octanol–water partition coefficient (Wildman–Crippen LogP) is 18.2. The molecule has 0 N–H and O–H groups in total. The highest BCUT2D eigenvalue weighted by molar-refractivity contribution is 5.93. The first-order valence-electron chi connectivity index (χ1n) is 27.6. The monoisotopic (exact) mass is 1010 g/mol. The summed E-state index contributed by atoms with van der Waals surface area (Å²) in [4.78, 5) is 0. The van der Waals surface area contributed by atoms with Crippen molar-refractivity contribution in [2.75, 3.05) is 0 Å². The molecule has 0 aliphatic heterocycles. The zero-order chi connectivity index (χ0) is 53.4. The minimum atomic E-state index is -0.419. The van der Waals surface area contributed by atoms with Crippen molar-refractivity contribution in [1.29, 1.82) is 10.5 Å². The molecular formula is C78H50N2. The molecule has 16 rings (SSSR count). The predicted molar refractivity (Wildman–Crippen MR) is 323 cm³/mol. The van der Waals surface area contributed by atoms with Crippen molar-refractivity contribution in [1.82, 2.24) is 0 Å². The second kappa shape index (κ2) is 18.7. The lowest BCUT2D eigenvalue weighted by atomic mass is 9.58. The van der Waals surface area contributed by atoms with Crippen LogP contribution in [0.15, 0.2) is 291 Å². The van der Waals surface area contributed by atoms with Gasteiger partial charge in [-0.05, 0) is 153 Å². The summed E-state index contributed by atoms with van der Waals surface area (Å²) in [7, 11) is 0. The van der Waals surface area contributed by atoms with E-state index in [-0.39, 0.29) is 11.8 Å². The van der Waals surface area contributed by atoms with Crippen LogP contribution in [-0.2, 0) is 10.8 Å². The zero-order valence-corrected chi connectivity index (χ0v) is 43.8. The highest BCUT2D eigenvalue weighted by Gasteiger charge is 2.53. The van der Waals surface area contributed by atoms with E-state index in [1.165, 1.54) is 100 Å². The lowest BCUT2D eigenvalue weighted by Crippen LogP contribution is -2.35. The highest BCUT2D eigenvalue weighted by atomic mass is 14.5. The van der Waals surface area contributed by atoms with Gasteiger partial charge in [0.2, 0.25) is 0 Å². The van der Waals surface area contributed by atoms with Crippen molar-refractivity contribution < 1.29 is 0 Å². The van der Waals surface area contributed by atoms with Gasteiger partial charge < -0.3 is 0 Å². The van der Waals surface area contributed by atoms with Crippen molar-refractivity contribution in [3.63, 3.8) is 0 Å². The summed E-state index contributed by atoms with van der Waals surface area (Å²) in [6.45, 7) is 0. The Bertz CT molecular complexity index is 4440. The molecule has 0 atom stereocenters. The van der Waals surface area contributed by atoms with Crippen LogP contribution >= 0.6 is 0 Å². The van der Waals surface area contributed by atoms with Gasteiger partial charge in [-0.1, -0.05) is 261 Å². The van der Waals surface area contributed by atoms with Crippen molar-refractivity contribution in [3.8, 4) is 56.6 Å². The maximum Gasteiger partial charge on any atom is 0.0998 e. The van der Waals surface area contributed by atoms with E-state index in [0.29, 0.717) is 11.1 Å². The average Bonchev–Trinajstić information content (AvgIpc) is 3.27. The summed E-state index contributed by atoms with van der Waals surface area (Å²) in [5, 5.41) is 19.3. The van der Waals surface area contributed by atoms with E-state index in [2.05, 4.69) is 261 Å². The Morgan fingerprint density at radius 1 is 0.250 bits per heavy atom. The van der Waals surface area contributed by atoms with E-state index in [1.807, 2.05) is 42.5 Å². The number of hydrogen-bond acceptors (Lipinski definition) is 2. The Kier molecular flexibility index (Phi) is 10.9. The Morgan fingerprint density at radius 3 is 1.07 bits per heavy atom. The largest absolute Gasteiger partial charge is 0.192 e. The zero-order valence-electron chi connectivity index (χ0n) is 43.8. The molecule has 12 aromatic carbocycles. The van der Waals surface area contributed by atoms with Crippen LogP contribution in [0.1, 0.15) is 101 Å². The third-order valence-corrected chi connectivity index (χ3v) is 17.7. The highest BCUT2D eigenvalue weighted by Crippen LogP contribution is 2.64. The third-order valence-electron chi connectivity index (χ3n) is 17.7. The molecule has 0 aromatic heterocycles. The van der Waals surface area contributed by atoms with Crippen LogP contribution in [0.25, 0.3) is 44.5 Å². The van der Waals surface area contributed by atoms with Gasteiger partial charge in [-0.15, -0.1) is 0 Å². The molecule has 0 saturated carbocycles. The summed E-state index contributed by atoms with van der Waals surface area (Å²) < 4.78 is 0. The fraction of sp³-hybridized carbons (Fsp3) is 0.0513. The quantitative estimate of drug-likeness (QED) is 0.176. The summed E-state index contributed by atoms with van der Waals surface area (Å²) in [6.07, 6.45) is 0. The van der Waals surface area contributed by atoms with E-state index < -0.39 is 10.8 Å². The summed E-state index contributed by atoms with van der Waals surface area (Å²) >= 11 is 0. The SMILES string of the molecule is N#Cc1cccc(-c2ccc3c(c2)-c2ccccc2C32c3ccccc3C(c3ccccc3)c3ccccc32)c1.N#Cc1ccccc1-c1ccc2c(c1)-c1ccccc1C21c2ccccc2C(c2ccccc2)c2ccccc21. The first-order valence-corrected chi connectivity index (χ1v) is 27.6. The maximum atomic E-state index is 9.82. The van der Waals surface area contributed by atoms with Gasteiger partial charge in [0.25, 0.3) is 0 Å². The number of nitrogens with zero attached hydrogens (tertiary/aromatic N) is 2. The van der Waals surface area contributed by atoms with E-state index in [1.54, 1.807) is 0 Å². The van der Waals surface area contributed by atoms with Crippen LogP contribution < -0.4 is 0 Å². The van der Waals surface area contributed by atoms with Gasteiger partial charge in [-0.25, -0.2) is 0 Å². The maximum absolute atomic E-state index is 9.82. The van der Waals surface area contributed by atoms with Gasteiger partial charge in [0.05, 0.1) is 34.1 Å². The third kappa shape index (κ3) is 6.77. The molecule has 0 heterocycles. The van der Waals surface area contributed by atoms with Crippen LogP contribution in [-0.4, -0.2) is 0 Å².